The number of unbranched alkanes of at least 4 members (excludes halogenated alkanes) is 5. The second kappa shape index (κ2) is 14.2. The minimum absolute atomic E-state index is 0.00586. The normalized spacial score (nSPS) is 16.6. The molecule has 1 aromatic rings. The van der Waals surface area contributed by atoms with Crippen LogP contribution in [0.15, 0.2) is 24.3 Å². The molecule has 0 radical (unpaired) electrons. The zero-order valence-corrected chi connectivity index (χ0v) is 21.4. The molecule has 0 unspecified atom stereocenters. The Kier molecular flexibility index (Phi) is 11.7. The van der Waals surface area contributed by atoms with Gasteiger partial charge in [0.05, 0.1) is 52.4 Å². The predicted molar refractivity (Wildman–Crippen MR) is 134 cm³/mol. The van der Waals surface area contributed by atoms with E-state index in [-0.39, 0.29) is 12.3 Å². The van der Waals surface area contributed by atoms with Gasteiger partial charge in [-0.3, -0.25) is 9.59 Å². The van der Waals surface area contributed by atoms with Crippen molar-refractivity contribution in [1.82, 2.24) is 5.32 Å². The van der Waals surface area contributed by atoms with Crippen LogP contribution in [-0.2, 0) is 9.59 Å². The van der Waals surface area contributed by atoms with Gasteiger partial charge in [0, 0.05) is 25.3 Å². The van der Waals surface area contributed by atoms with E-state index < -0.39 is 11.5 Å². The fourth-order valence-electron chi connectivity index (χ4n) is 4.39. The molecule has 7 heteroatoms. The van der Waals surface area contributed by atoms with E-state index in [1.807, 2.05) is 24.3 Å². The number of carbonyl (C=O) groups is 2. The van der Waals surface area contributed by atoms with Crippen LogP contribution in [0.25, 0.3) is 0 Å². The molecule has 192 valence electrons. The number of nitrogens with zero attached hydrogens (tertiary/aromatic N) is 1. The maximum absolute atomic E-state index is 12.5. The molecule has 0 spiro atoms. The van der Waals surface area contributed by atoms with E-state index in [2.05, 4.69) is 26.3 Å². The lowest BCUT2D eigenvalue weighted by atomic mass is 9.83. The number of amides is 1. The number of hydrogen-bond acceptors (Lipinski definition) is 4. The van der Waals surface area contributed by atoms with E-state index in [0.29, 0.717) is 25.9 Å². The fourth-order valence-corrected chi connectivity index (χ4v) is 4.39. The van der Waals surface area contributed by atoms with Gasteiger partial charge in [0.2, 0.25) is 5.91 Å². The Bertz CT molecular complexity index is 755. The first kappa shape index (κ1) is 28.0. The average molecular weight is 478 g/mol. The van der Waals surface area contributed by atoms with Crippen LogP contribution in [-0.4, -0.2) is 67.4 Å². The average Bonchev–Trinajstić information content (AvgIpc) is 2.78. The highest BCUT2D eigenvalue weighted by Crippen LogP contribution is 2.28. The lowest BCUT2D eigenvalue weighted by Crippen LogP contribution is -2.60. The molecule has 34 heavy (non-hydrogen) atoms. The van der Waals surface area contributed by atoms with Crippen molar-refractivity contribution >= 4 is 11.9 Å². The number of nitrogens with one attached hydrogen (secondary N) is 1. The molecule has 0 atom stereocenters. The highest BCUT2D eigenvalue weighted by atomic mass is 16.5. The minimum Gasteiger partial charge on any atom is -0.493 e. The molecule has 1 aliphatic rings. The SMILES string of the molecule is CCCCCCOc1cccc(OCCCCCC(=O)NC2(CC(=O)O)CC[N+](C)(C)CC2)c1. The van der Waals surface area contributed by atoms with Crippen LogP contribution >= 0.6 is 0 Å². The molecule has 7 nitrogen and oxygen atoms in total. The number of quaternary nitrogens is 1. The van der Waals surface area contributed by atoms with Crippen molar-refractivity contribution in [3.63, 3.8) is 0 Å². The summed E-state index contributed by atoms with van der Waals surface area (Å²) in [6.45, 7) is 5.27. The Hall–Kier alpha value is -2.28. The summed E-state index contributed by atoms with van der Waals surface area (Å²) in [5.41, 5.74) is -0.608. The van der Waals surface area contributed by atoms with E-state index in [9.17, 15) is 14.7 Å². The van der Waals surface area contributed by atoms with Crippen molar-refractivity contribution in [3.05, 3.63) is 24.3 Å². The number of rotatable bonds is 16. The monoisotopic (exact) mass is 477 g/mol. The number of ether oxygens (including phenoxy) is 2. The second-order valence-corrected chi connectivity index (χ2v) is 10.3. The topological polar surface area (TPSA) is 84.9 Å². The van der Waals surface area contributed by atoms with E-state index in [0.717, 1.165) is 61.4 Å². The van der Waals surface area contributed by atoms with Gasteiger partial charge in [0.1, 0.15) is 11.5 Å². The Morgan fingerprint density at radius 2 is 1.56 bits per heavy atom. The second-order valence-electron chi connectivity index (χ2n) is 10.3. The molecule has 0 bridgehead atoms. The number of aliphatic carboxylic acids is 1. The summed E-state index contributed by atoms with van der Waals surface area (Å²) >= 11 is 0. The van der Waals surface area contributed by atoms with Crippen LogP contribution in [0.4, 0.5) is 0 Å². The van der Waals surface area contributed by atoms with Crippen LogP contribution in [0.3, 0.4) is 0 Å². The molecule has 1 aromatic carbocycles. The van der Waals surface area contributed by atoms with Gasteiger partial charge in [-0.2, -0.15) is 0 Å². The third kappa shape index (κ3) is 10.8. The number of benzene rings is 1. The van der Waals surface area contributed by atoms with Gasteiger partial charge in [-0.05, 0) is 37.8 Å². The first-order valence-electron chi connectivity index (χ1n) is 12.9. The molecular formula is C27H45N2O5+. The maximum Gasteiger partial charge on any atom is 0.305 e. The van der Waals surface area contributed by atoms with Crippen LogP contribution in [0.1, 0.15) is 77.6 Å². The first-order valence-corrected chi connectivity index (χ1v) is 12.9. The van der Waals surface area contributed by atoms with E-state index in [1.54, 1.807) is 0 Å². The standard InChI is InChI=1S/C27H44N2O5/c1-4-5-6-9-19-33-23-12-11-13-24(21-23)34-20-10-7-8-14-25(30)28-27(22-26(31)32)15-17-29(2,3)18-16-27/h11-13,21H,4-10,14-20,22H2,1-3H3,(H-,28,30,31,32)/p+1. The molecule has 0 aliphatic carbocycles. The highest BCUT2D eigenvalue weighted by molar-refractivity contribution is 5.78. The van der Waals surface area contributed by atoms with Gasteiger partial charge < -0.3 is 24.4 Å². The Morgan fingerprint density at radius 3 is 2.12 bits per heavy atom. The van der Waals surface area contributed by atoms with Crippen molar-refractivity contribution in [2.75, 3.05) is 40.4 Å². The van der Waals surface area contributed by atoms with Crippen LogP contribution < -0.4 is 14.8 Å². The van der Waals surface area contributed by atoms with Crippen LogP contribution in [0.2, 0.25) is 0 Å². The number of hydrogen-bond donors (Lipinski definition) is 2. The summed E-state index contributed by atoms with van der Waals surface area (Å²) in [6, 6.07) is 7.76. The summed E-state index contributed by atoms with van der Waals surface area (Å²) in [4.78, 5) is 23.9. The van der Waals surface area contributed by atoms with E-state index in [4.69, 9.17) is 9.47 Å². The summed E-state index contributed by atoms with van der Waals surface area (Å²) in [6.07, 6.45) is 9.06. The first-order chi connectivity index (χ1) is 16.2. The Morgan fingerprint density at radius 1 is 0.971 bits per heavy atom. The number of carboxylic acids is 1. The quantitative estimate of drug-likeness (QED) is 0.264. The lowest BCUT2D eigenvalue weighted by Gasteiger charge is -2.44. The third-order valence-electron chi connectivity index (χ3n) is 6.67. The van der Waals surface area contributed by atoms with E-state index in [1.165, 1.54) is 19.3 Å². The molecule has 1 aliphatic heterocycles. The molecule has 1 fully saturated rings. The number of carbonyl (C=O) groups excluding carboxylic acids is 1. The van der Waals surface area contributed by atoms with Crippen molar-refractivity contribution < 1.29 is 28.7 Å². The van der Waals surface area contributed by atoms with Gasteiger partial charge >= 0.3 is 5.97 Å². The molecule has 2 N–H and O–H groups in total. The van der Waals surface area contributed by atoms with Gasteiger partial charge in [-0.15, -0.1) is 0 Å². The fraction of sp³-hybridized carbons (Fsp3) is 0.704. The minimum atomic E-state index is -0.851. The van der Waals surface area contributed by atoms with E-state index >= 15 is 0 Å². The largest absolute Gasteiger partial charge is 0.493 e. The Labute approximate surface area is 205 Å². The number of piperidine rings is 1. The van der Waals surface area contributed by atoms with Gasteiger partial charge in [0.25, 0.3) is 0 Å². The zero-order chi connectivity index (χ0) is 24.9. The predicted octanol–water partition coefficient (Wildman–Crippen LogP) is 4.78. The maximum atomic E-state index is 12.5. The van der Waals surface area contributed by atoms with Crippen molar-refractivity contribution in [2.45, 2.75) is 83.1 Å². The number of likely N-dealkylation sites (tertiary alicyclic amines) is 1. The molecule has 2 rings (SSSR count). The highest BCUT2D eigenvalue weighted by Gasteiger charge is 2.41. The molecule has 1 amide bonds. The zero-order valence-electron chi connectivity index (χ0n) is 21.4. The van der Waals surface area contributed by atoms with Crippen molar-refractivity contribution in [1.29, 1.82) is 0 Å². The summed E-state index contributed by atoms with van der Waals surface area (Å²) in [7, 11) is 4.29. The van der Waals surface area contributed by atoms with Crippen LogP contribution in [0.5, 0.6) is 11.5 Å². The van der Waals surface area contributed by atoms with Gasteiger partial charge in [-0.1, -0.05) is 32.3 Å². The van der Waals surface area contributed by atoms with Crippen molar-refractivity contribution in [2.24, 2.45) is 0 Å². The molecule has 1 saturated heterocycles. The molecule has 0 saturated carbocycles. The van der Waals surface area contributed by atoms with Crippen LogP contribution in [0, 0.1) is 0 Å². The Balaban J connectivity index is 1.63. The summed E-state index contributed by atoms with van der Waals surface area (Å²) in [5, 5.41) is 12.4. The summed E-state index contributed by atoms with van der Waals surface area (Å²) < 4.78 is 12.5. The molecule has 0 aromatic heterocycles. The lowest BCUT2D eigenvalue weighted by molar-refractivity contribution is -0.896. The molecular weight excluding hydrogens is 432 g/mol. The van der Waals surface area contributed by atoms with Gasteiger partial charge in [-0.25, -0.2) is 0 Å². The number of carboxylic acid groups (broad SMARTS) is 1. The molecule has 1 heterocycles. The smallest absolute Gasteiger partial charge is 0.305 e. The summed E-state index contributed by atoms with van der Waals surface area (Å²) in [5.74, 6) is 0.748. The van der Waals surface area contributed by atoms with Crippen molar-refractivity contribution in [3.8, 4) is 11.5 Å². The third-order valence-corrected chi connectivity index (χ3v) is 6.67. The van der Waals surface area contributed by atoms with Gasteiger partial charge in [0.15, 0.2) is 0 Å².